The van der Waals surface area contributed by atoms with E-state index in [-0.39, 0.29) is 5.78 Å². The van der Waals surface area contributed by atoms with E-state index in [0.29, 0.717) is 12.5 Å². The first-order valence-corrected chi connectivity index (χ1v) is 5.86. The first-order chi connectivity index (χ1) is 7.16. The Labute approximate surface area is 91.5 Å². The Hall–Kier alpha value is -0.830. The second-order valence-corrected chi connectivity index (χ2v) is 4.76. The summed E-state index contributed by atoms with van der Waals surface area (Å²) in [4.78, 5) is 13.5. The summed E-state index contributed by atoms with van der Waals surface area (Å²) in [6.45, 7) is 3.19. The van der Waals surface area contributed by atoms with Gasteiger partial charge in [0.15, 0.2) is 5.78 Å². The predicted octanol–water partition coefficient (Wildman–Crippen LogP) is 1.31. The van der Waals surface area contributed by atoms with Crippen molar-refractivity contribution in [3.63, 3.8) is 0 Å². The third-order valence-electron chi connectivity index (χ3n) is 3.42. The molecule has 0 saturated heterocycles. The van der Waals surface area contributed by atoms with Crippen molar-refractivity contribution < 1.29 is 4.79 Å². The second-order valence-electron chi connectivity index (χ2n) is 4.76. The summed E-state index contributed by atoms with van der Waals surface area (Å²) in [5, 5.41) is 3.37. The zero-order chi connectivity index (χ0) is 10.8. The molecule has 2 rings (SSSR count). The first kappa shape index (κ1) is 10.7. The van der Waals surface area contributed by atoms with Crippen molar-refractivity contribution in [1.82, 2.24) is 10.2 Å². The number of nitrogens with zero attached hydrogens (tertiary/aromatic N) is 1. The van der Waals surface area contributed by atoms with E-state index in [1.165, 1.54) is 12.8 Å². The fourth-order valence-corrected chi connectivity index (χ4v) is 2.00. The van der Waals surface area contributed by atoms with Crippen molar-refractivity contribution in [3.05, 3.63) is 11.8 Å². The third kappa shape index (κ3) is 2.81. The summed E-state index contributed by atoms with van der Waals surface area (Å²) in [6, 6.07) is 1.36. The largest absolute Gasteiger partial charge is 0.387 e. The molecule has 84 valence electrons. The molecule has 2 aliphatic carbocycles. The van der Waals surface area contributed by atoms with Crippen LogP contribution in [0.4, 0.5) is 0 Å². The lowest BCUT2D eigenvalue weighted by Gasteiger charge is -2.25. The average molecular weight is 208 g/mol. The molecule has 3 heteroatoms. The number of carbonyl (C=O) groups is 1. The van der Waals surface area contributed by atoms with Gasteiger partial charge in [-0.15, -0.1) is 0 Å². The number of allylic oxidation sites excluding steroid dienone is 2. The number of ketones is 1. The average Bonchev–Trinajstić information content (AvgIpc) is 2.98. The summed E-state index contributed by atoms with van der Waals surface area (Å²) < 4.78 is 0. The lowest BCUT2D eigenvalue weighted by atomic mass is 10.2. The van der Waals surface area contributed by atoms with E-state index in [9.17, 15) is 4.79 Å². The molecule has 0 aromatic heterocycles. The predicted molar refractivity (Wildman–Crippen MR) is 60.6 cm³/mol. The fourth-order valence-electron chi connectivity index (χ4n) is 2.00. The van der Waals surface area contributed by atoms with E-state index in [1.807, 2.05) is 0 Å². The molecule has 3 nitrogen and oxygen atoms in total. The number of likely N-dealkylation sites (N-methyl/N-ethyl adjacent to an activating group) is 1. The normalized spacial score (nSPS) is 23.1. The van der Waals surface area contributed by atoms with E-state index in [0.717, 1.165) is 24.7 Å². The van der Waals surface area contributed by atoms with Gasteiger partial charge in [-0.05, 0) is 33.2 Å². The second kappa shape index (κ2) is 4.35. The highest BCUT2D eigenvalue weighted by atomic mass is 16.1. The van der Waals surface area contributed by atoms with Crippen molar-refractivity contribution >= 4 is 5.78 Å². The third-order valence-corrected chi connectivity index (χ3v) is 3.42. The molecule has 0 heterocycles. The molecule has 15 heavy (non-hydrogen) atoms. The molecular weight excluding hydrogens is 188 g/mol. The zero-order valence-electron chi connectivity index (χ0n) is 9.62. The molecule has 1 saturated carbocycles. The quantitative estimate of drug-likeness (QED) is 0.739. The Morgan fingerprint density at radius 1 is 1.53 bits per heavy atom. The van der Waals surface area contributed by atoms with Gasteiger partial charge >= 0.3 is 0 Å². The van der Waals surface area contributed by atoms with E-state index in [2.05, 4.69) is 24.2 Å². The number of rotatable bonds is 5. The van der Waals surface area contributed by atoms with Crippen LogP contribution in [-0.4, -0.2) is 36.4 Å². The SMILES string of the molecule is CC(CNC1=CC(=O)CC1)N(C)C1CC1. The van der Waals surface area contributed by atoms with Crippen LogP contribution in [0.5, 0.6) is 0 Å². The van der Waals surface area contributed by atoms with Gasteiger partial charge in [0.25, 0.3) is 0 Å². The number of nitrogens with one attached hydrogen (secondary N) is 1. The van der Waals surface area contributed by atoms with Crippen LogP contribution in [0.15, 0.2) is 11.8 Å². The molecule has 0 radical (unpaired) electrons. The van der Waals surface area contributed by atoms with Crippen LogP contribution < -0.4 is 5.32 Å². The Balaban J connectivity index is 1.72. The van der Waals surface area contributed by atoms with E-state index >= 15 is 0 Å². The number of hydrogen-bond donors (Lipinski definition) is 1. The molecule has 2 aliphatic rings. The van der Waals surface area contributed by atoms with Crippen molar-refractivity contribution in [2.45, 2.75) is 44.7 Å². The van der Waals surface area contributed by atoms with Crippen molar-refractivity contribution in [2.75, 3.05) is 13.6 Å². The van der Waals surface area contributed by atoms with E-state index in [4.69, 9.17) is 0 Å². The molecular formula is C12H20N2O. The minimum atomic E-state index is 0.265. The monoisotopic (exact) mass is 208 g/mol. The highest BCUT2D eigenvalue weighted by Gasteiger charge is 2.29. The minimum Gasteiger partial charge on any atom is -0.387 e. The summed E-state index contributed by atoms with van der Waals surface area (Å²) in [7, 11) is 2.19. The van der Waals surface area contributed by atoms with Crippen molar-refractivity contribution in [2.24, 2.45) is 0 Å². The van der Waals surface area contributed by atoms with Crippen LogP contribution in [0.1, 0.15) is 32.6 Å². The molecule has 0 bridgehead atoms. The molecule has 0 aliphatic heterocycles. The lowest BCUT2D eigenvalue weighted by molar-refractivity contribution is -0.114. The Kier molecular flexibility index (Phi) is 3.10. The maximum absolute atomic E-state index is 11.0. The van der Waals surface area contributed by atoms with E-state index < -0.39 is 0 Å². The zero-order valence-corrected chi connectivity index (χ0v) is 9.62. The lowest BCUT2D eigenvalue weighted by Crippen LogP contribution is -2.38. The van der Waals surface area contributed by atoms with Gasteiger partial charge in [-0.2, -0.15) is 0 Å². The standard InChI is InChI=1S/C12H20N2O/c1-9(14(2)11-4-5-11)8-13-10-3-6-12(15)7-10/h7,9,11,13H,3-6,8H2,1-2H3. The van der Waals surface area contributed by atoms with Gasteiger partial charge in [-0.25, -0.2) is 0 Å². The maximum Gasteiger partial charge on any atom is 0.157 e. The smallest absolute Gasteiger partial charge is 0.157 e. The van der Waals surface area contributed by atoms with Gasteiger partial charge < -0.3 is 5.32 Å². The molecule has 0 spiro atoms. The van der Waals surface area contributed by atoms with Gasteiger partial charge in [0.1, 0.15) is 0 Å². The summed E-state index contributed by atoms with van der Waals surface area (Å²) in [5.74, 6) is 0.265. The summed E-state index contributed by atoms with van der Waals surface area (Å²) in [5.41, 5.74) is 1.12. The molecule has 1 atom stereocenters. The topological polar surface area (TPSA) is 32.3 Å². The van der Waals surface area contributed by atoms with Crippen LogP contribution in [0.2, 0.25) is 0 Å². The van der Waals surface area contributed by atoms with Crippen molar-refractivity contribution in [3.8, 4) is 0 Å². The van der Waals surface area contributed by atoms with Gasteiger partial charge in [-0.3, -0.25) is 9.69 Å². The molecule has 1 N–H and O–H groups in total. The number of carbonyl (C=O) groups excluding carboxylic acids is 1. The maximum atomic E-state index is 11.0. The van der Waals surface area contributed by atoms with Gasteiger partial charge in [0, 0.05) is 36.8 Å². The highest BCUT2D eigenvalue weighted by Crippen LogP contribution is 2.26. The Morgan fingerprint density at radius 2 is 2.27 bits per heavy atom. The van der Waals surface area contributed by atoms with Crippen LogP contribution in [-0.2, 0) is 4.79 Å². The first-order valence-electron chi connectivity index (χ1n) is 5.86. The Morgan fingerprint density at radius 3 is 2.80 bits per heavy atom. The molecule has 1 unspecified atom stereocenters. The van der Waals surface area contributed by atoms with Crippen LogP contribution in [0.25, 0.3) is 0 Å². The van der Waals surface area contributed by atoms with Gasteiger partial charge in [0.2, 0.25) is 0 Å². The fraction of sp³-hybridized carbons (Fsp3) is 0.750. The molecule has 0 aromatic rings. The molecule has 0 amide bonds. The number of hydrogen-bond acceptors (Lipinski definition) is 3. The highest BCUT2D eigenvalue weighted by molar-refractivity contribution is 5.92. The Bertz CT molecular complexity index is 281. The minimum absolute atomic E-state index is 0.265. The van der Waals surface area contributed by atoms with Crippen LogP contribution >= 0.6 is 0 Å². The van der Waals surface area contributed by atoms with Crippen molar-refractivity contribution in [1.29, 1.82) is 0 Å². The molecule has 1 fully saturated rings. The van der Waals surface area contributed by atoms with Crippen LogP contribution in [0, 0.1) is 0 Å². The summed E-state index contributed by atoms with van der Waals surface area (Å²) >= 11 is 0. The van der Waals surface area contributed by atoms with Crippen LogP contribution in [0.3, 0.4) is 0 Å². The van der Waals surface area contributed by atoms with E-state index in [1.54, 1.807) is 6.08 Å². The van der Waals surface area contributed by atoms with Gasteiger partial charge in [-0.1, -0.05) is 0 Å². The summed E-state index contributed by atoms with van der Waals surface area (Å²) in [6.07, 6.45) is 6.04. The van der Waals surface area contributed by atoms with Gasteiger partial charge in [0.05, 0.1) is 0 Å². The molecule has 0 aromatic carbocycles.